The molecule has 2 unspecified atom stereocenters. The van der Waals surface area contributed by atoms with Gasteiger partial charge in [0.05, 0.1) is 5.56 Å². The Hall–Kier alpha value is -3.88. The third-order valence-corrected chi connectivity index (χ3v) is 7.11. The van der Waals surface area contributed by atoms with Gasteiger partial charge in [0.2, 0.25) is 0 Å². The van der Waals surface area contributed by atoms with Crippen LogP contribution in [0.1, 0.15) is 66.1 Å². The molecule has 1 heterocycles. The first-order chi connectivity index (χ1) is 17.7. The topological polar surface area (TPSA) is 52.6 Å². The maximum absolute atomic E-state index is 14.2. The maximum atomic E-state index is 14.2. The third-order valence-electron chi connectivity index (χ3n) is 7.11. The van der Waals surface area contributed by atoms with Crippen molar-refractivity contribution in [1.82, 2.24) is 0 Å². The van der Waals surface area contributed by atoms with Crippen molar-refractivity contribution in [3.63, 3.8) is 0 Å². The van der Waals surface area contributed by atoms with Crippen molar-refractivity contribution < 1.29 is 19.1 Å². The second kappa shape index (κ2) is 10.8. The molecule has 2 atom stereocenters. The predicted molar refractivity (Wildman–Crippen MR) is 140 cm³/mol. The van der Waals surface area contributed by atoms with Crippen LogP contribution in [0.15, 0.2) is 96.7 Å². The van der Waals surface area contributed by atoms with Gasteiger partial charge >= 0.3 is 5.97 Å². The summed E-state index contributed by atoms with van der Waals surface area (Å²) in [6.07, 6.45) is 7.60. The summed E-state index contributed by atoms with van der Waals surface area (Å²) in [6, 6.07) is 26.5. The fourth-order valence-corrected chi connectivity index (χ4v) is 5.17. The highest BCUT2D eigenvalue weighted by atomic mass is 16.6. The normalized spacial score (nSPS) is 21.4. The second-order valence-corrected chi connectivity index (χ2v) is 9.50. The highest BCUT2D eigenvalue weighted by Gasteiger charge is 2.58. The molecule has 0 radical (unpaired) electrons. The molecule has 3 aromatic carbocycles. The van der Waals surface area contributed by atoms with Crippen LogP contribution in [-0.4, -0.2) is 17.9 Å². The molecule has 182 valence electrons. The minimum atomic E-state index is -1.55. The molecule has 0 amide bonds. The van der Waals surface area contributed by atoms with Gasteiger partial charge in [0.15, 0.2) is 11.2 Å². The van der Waals surface area contributed by atoms with Gasteiger partial charge in [0, 0.05) is 6.42 Å². The molecule has 0 aromatic heterocycles. The summed E-state index contributed by atoms with van der Waals surface area (Å²) < 4.78 is 12.5. The predicted octanol–water partition coefficient (Wildman–Crippen LogP) is 7.12. The lowest BCUT2D eigenvalue weighted by molar-refractivity contribution is -0.165. The van der Waals surface area contributed by atoms with E-state index in [1.807, 2.05) is 72.8 Å². The Bertz CT molecular complexity index is 1270. The molecular weight excluding hydrogens is 448 g/mol. The van der Waals surface area contributed by atoms with Gasteiger partial charge in [-0.2, -0.15) is 0 Å². The van der Waals surface area contributed by atoms with Gasteiger partial charge in [-0.1, -0.05) is 79.2 Å². The Balaban J connectivity index is 1.59. The molecule has 0 saturated heterocycles. The molecule has 3 aromatic rings. The van der Waals surface area contributed by atoms with Gasteiger partial charge in [-0.3, -0.25) is 9.59 Å². The summed E-state index contributed by atoms with van der Waals surface area (Å²) in [5, 5.41) is 0. The molecule has 1 aliphatic heterocycles. The quantitative estimate of drug-likeness (QED) is 0.215. The number of fused-ring (bicyclic) bond motifs is 1. The average molecular weight is 479 g/mol. The number of rotatable bonds is 6. The number of hydrogen-bond donors (Lipinski definition) is 0. The third kappa shape index (κ3) is 4.78. The zero-order valence-corrected chi connectivity index (χ0v) is 20.3. The first-order valence-electron chi connectivity index (χ1n) is 12.7. The minimum absolute atomic E-state index is 0.120. The van der Waals surface area contributed by atoms with E-state index in [1.54, 1.807) is 24.3 Å². The Morgan fingerprint density at radius 1 is 0.917 bits per heavy atom. The standard InChI is InChI=1S/C32H30O4/c33-29-27-21-10-11-22-28(27)36-30(25-17-6-2-7-18-25)32(29,31(34)35-26-19-8-3-9-20-26)23-13-12-16-24-14-4-1-5-15-24/h1-2,4-7,10-11,13-18,21-22,26,30H,3,8-9,19-20,23H2. The highest BCUT2D eigenvalue weighted by molar-refractivity contribution is 6.15. The van der Waals surface area contributed by atoms with Crippen LogP contribution in [-0.2, 0) is 9.53 Å². The Morgan fingerprint density at radius 3 is 2.33 bits per heavy atom. The zero-order valence-electron chi connectivity index (χ0n) is 20.3. The second-order valence-electron chi connectivity index (χ2n) is 9.50. The molecule has 1 fully saturated rings. The van der Waals surface area contributed by atoms with E-state index in [0.717, 1.165) is 43.2 Å². The van der Waals surface area contributed by atoms with Crippen molar-refractivity contribution in [3.8, 4) is 5.75 Å². The number of carbonyl (C=O) groups excluding carboxylic acids is 2. The van der Waals surface area contributed by atoms with E-state index in [2.05, 4.69) is 5.73 Å². The largest absolute Gasteiger partial charge is 0.483 e. The van der Waals surface area contributed by atoms with E-state index in [0.29, 0.717) is 11.3 Å². The molecule has 4 nitrogen and oxygen atoms in total. The van der Waals surface area contributed by atoms with Crippen LogP contribution >= 0.6 is 0 Å². The van der Waals surface area contributed by atoms with Crippen LogP contribution in [0.25, 0.3) is 6.08 Å². The number of benzene rings is 3. The Morgan fingerprint density at radius 2 is 1.58 bits per heavy atom. The number of para-hydroxylation sites is 1. The molecule has 0 bridgehead atoms. The molecule has 4 heteroatoms. The van der Waals surface area contributed by atoms with E-state index < -0.39 is 17.5 Å². The van der Waals surface area contributed by atoms with Crippen molar-refractivity contribution >= 4 is 17.8 Å². The fourth-order valence-electron chi connectivity index (χ4n) is 5.17. The number of carbonyl (C=O) groups is 2. The van der Waals surface area contributed by atoms with Gasteiger partial charge < -0.3 is 9.47 Å². The van der Waals surface area contributed by atoms with Crippen LogP contribution in [0.5, 0.6) is 5.75 Å². The van der Waals surface area contributed by atoms with Crippen LogP contribution in [0.3, 0.4) is 0 Å². The SMILES string of the molecule is O=C(OC1CCCCC1)C1(CC=C=Cc2ccccc2)C(=O)c2ccccc2OC1c1ccccc1. The van der Waals surface area contributed by atoms with Gasteiger partial charge in [-0.05, 0) is 61.1 Å². The first-order valence-corrected chi connectivity index (χ1v) is 12.7. The molecule has 1 saturated carbocycles. The fraction of sp³-hybridized carbons (Fsp3) is 0.281. The van der Waals surface area contributed by atoms with E-state index in [1.165, 1.54) is 0 Å². The number of ether oxygens (including phenoxy) is 2. The van der Waals surface area contributed by atoms with Gasteiger partial charge in [-0.15, -0.1) is 5.73 Å². The van der Waals surface area contributed by atoms with Crippen molar-refractivity contribution in [2.24, 2.45) is 5.41 Å². The lowest BCUT2D eigenvalue weighted by Crippen LogP contribution is -2.51. The molecule has 2 aliphatic rings. The van der Waals surface area contributed by atoms with Crippen LogP contribution in [0, 0.1) is 5.41 Å². The monoisotopic (exact) mass is 478 g/mol. The minimum Gasteiger partial charge on any atom is -0.483 e. The molecule has 5 rings (SSSR count). The van der Waals surface area contributed by atoms with Crippen molar-refractivity contribution in [1.29, 1.82) is 0 Å². The van der Waals surface area contributed by atoms with Crippen molar-refractivity contribution in [2.75, 3.05) is 0 Å². The van der Waals surface area contributed by atoms with Crippen LogP contribution in [0.4, 0.5) is 0 Å². The van der Waals surface area contributed by atoms with Crippen LogP contribution < -0.4 is 4.74 Å². The van der Waals surface area contributed by atoms with E-state index >= 15 is 0 Å². The highest BCUT2D eigenvalue weighted by Crippen LogP contribution is 2.50. The zero-order chi connectivity index (χ0) is 24.8. The molecular formula is C32H30O4. The smallest absolute Gasteiger partial charge is 0.324 e. The summed E-state index contributed by atoms with van der Waals surface area (Å²) in [5.74, 6) is -0.293. The summed E-state index contributed by atoms with van der Waals surface area (Å²) in [6.45, 7) is 0. The number of esters is 1. The molecule has 0 N–H and O–H groups in total. The summed E-state index contributed by atoms with van der Waals surface area (Å²) in [7, 11) is 0. The van der Waals surface area contributed by atoms with Crippen molar-refractivity contribution in [3.05, 3.63) is 113 Å². The average Bonchev–Trinajstić information content (AvgIpc) is 2.93. The molecule has 36 heavy (non-hydrogen) atoms. The number of Topliss-reactive ketones (excluding diaryl/α,β-unsaturated/α-hetero) is 1. The summed E-state index contributed by atoms with van der Waals surface area (Å²) in [4.78, 5) is 28.3. The number of ketones is 1. The van der Waals surface area contributed by atoms with Gasteiger partial charge in [-0.25, -0.2) is 0 Å². The Labute approximate surface area is 212 Å². The lowest BCUT2D eigenvalue weighted by atomic mass is 9.69. The molecule has 0 spiro atoms. The van der Waals surface area contributed by atoms with Crippen LogP contribution in [0.2, 0.25) is 0 Å². The van der Waals surface area contributed by atoms with Gasteiger partial charge in [0.25, 0.3) is 0 Å². The first kappa shape index (κ1) is 23.8. The lowest BCUT2D eigenvalue weighted by Gasteiger charge is -2.41. The van der Waals surface area contributed by atoms with E-state index in [-0.39, 0.29) is 18.3 Å². The van der Waals surface area contributed by atoms with Crippen molar-refractivity contribution in [2.45, 2.75) is 50.7 Å². The van der Waals surface area contributed by atoms with Gasteiger partial charge in [0.1, 0.15) is 18.0 Å². The number of allylic oxidation sites excluding steroid dienone is 1. The molecule has 1 aliphatic carbocycles. The summed E-state index contributed by atoms with van der Waals surface area (Å²) >= 11 is 0. The maximum Gasteiger partial charge on any atom is 0.324 e. The Kier molecular flexibility index (Phi) is 7.16. The van der Waals surface area contributed by atoms with E-state index in [4.69, 9.17) is 9.47 Å². The van der Waals surface area contributed by atoms with E-state index in [9.17, 15) is 9.59 Å². The summed E-state index contributed by atoms with van der Waals surface area (Å²) in [5.41, 5.74) is 3.80. The number of hydrogen-bond acceptors (Lipinski definition) is 4.